The number of amides is 2. The van der Waals surface area contributed by atoms with Gasteiger partial charge in [0.2, 0.25) is 5.91 Å². The molecule has 166 valence electrons. The lowest BCUT2D eigenvalue weighted by atomic mass is 10.1. The first-order valence-corrected chi connectivity index (χ1v) is 11.2. The molecular weight excluding hydrogens is 390 g/mol. The SMILES string of the molecule is CC(C)COc1cccc(NCC(=O)Nc2cccc(C(=O)N3CCCCCC3)c2)c1. The summed E-state index contributed by atoms with van der Waals surface area (Å²) in [5, 5.41) is 6.00. The second-order valence-electron chi connectivity index (χ2n) is 8.42. The van der Waals surface area contributed by atoms with Crippen molar-refractivity contribution in [1.82, 2.24) is 4.90 Å². The summed E-state index contributed by atoms with van der Waals surface area (Å²) in [6.07, 6.45) is 4.47. The molecule has 0 unspecified atom stereocenters. The fraction of sp³-hybridized carbons (Fsp3) is 0.440. The summed E-state index contributed by atoms with van der Waals surface area (Å²) in [5.74, 6) is 1.09. The van der Waals surface area contributed by atoms with Crippen LogP contribution in [0.3, 0.4) is 0 Å². The fourth-order valence-corrected chi connectivity index (χ4v) is 3.53. The minimum absolute atomic E-state index is 0.0364. The predicted molar refractivity (Wildman–Crippen MR) is 125 cm³/mol. The Balaban J connectivity index is 1.53. The van der Waals surface area contributed by atoms with Crippen LogP contribution in [0.5, 0.6) is 5.75 Å². The summed E-state index contributed by atoms with van der Waals surface area (Å²) in [6, 6.07) is 14.8. The average molecular weight is 424 g/mol. The van der Waals surface area contributed by atoms with Gasteiger partial charge in [0.25, 0.3) is 5.91 Å². The first kappa shape index (κ1) is 22.7. The first-order chi connectivity index (χ1) is 15.0. The Hall–Kier alpha value is -3.02. The van der Waals surface area contributed by atoms with Crippen molar-refractivity contribution >= 4 is 23.2 Å². The number of nitrogens with zero attached hydrogens (tertiary/aromatic N) is 1. The Morgan fingerprint density at radius 3 is 2.42 bits per heavy atom. The summed E-state index contributed by atoms with van der Waals surface area (Å²) >= 11 is 0. The van der Waals surface area contributed by atoms with Crippen LogP contribution in [0.4, 0.5) is 11.4 Å². The van der Waals surface area contributed by atoms with E-state index in [2.05, 4.69) is 24.5 Å². The van der Waals surface area contributed by atoms with Crippen LogP contribution in [-0.2, 0) is 4.79 Å². The first-order valence-electron chi connectivity index (χ1n) is 11.2. The van der Waals surface area contributed by atoms with Gasteiger partial charge < -0.3 is 20.3 Å². The molecule has 0 aliphatic carbocycles. The van der Waals surface area contributed by atoms with Gasteiger partial charge in [0.1, 0.15) is 5.75 Å². The van der Waals surface area contributed by atoms with E-state index in [1.165, 1.54) is 12.8 Å². The van der Waals surface area contributed by atoms with E-state index in [1.807, 2.05) is 41.3 Å². The molecule has 1 saturated heterocycles. The molecule has 2 aromatic rings. The maximum Gasteiger partial charge on any atom is 0.253 e. The van der Waals surface area contributed by atoms with Crippen molar-refractivity contribution in [1.29, 1.82) is 0 Å². The minimum atomic E-state index is -0.173. The number of benzene rings is 2. The molecule has 2 aromatic carbocycles. The van der Waals surface area contributed by atoms with Crippen LogP contribution in [0, 0.1) is 5.92 Å². The number of ether oxygens (including phenoxy) is 1. The zero-order valence-electron chi connectivity index (χ0n) is 18.5. The van der Waals surface area contributed by atoms with Gasteiger partial charge in [-0.25, -0.2) is 0 Å². The lowest BCUT2D eigenvalue weighted by Gasteiger charge is -2.20. The van der Waals surface area contributed by atoms with Crippen LogP contribution in [-0.4, -0.2) is 43.0 Å². The summed E-state index contributed by atoms with van der Waals surface area (Å²) in [4.78, 5) is 27.2. The van der Waals surface area contributed by atoms with E-state index in [4.69, 9.17) is 4.74 Å². The van der Waals surface area contributed by atoms with E-state index in [0.717, 1.165) is 37.4 Å². The van der Waals surface area contributed by atoms with Gasteiger partial charge in [0, 0.05) is 36.1 Å². The summed E-state index contributed by atoms with van der Waals surface area (Å²) in [6.45, 7) is 6.58. The van der Waals surface area contributed by atoms with Crippen LogP contribution in [0.25, 0.3) is 0 Å². The third-order valence-corrected chi connectivity index (χ3v) is 5.16. The standard InChI is InChI=1S/C25H33N3O3/c1-19(2)18-31-23-12-8-10-21(16-23)26-17-24(29)27-22-11-7-9-20(15-22)25(30)28-13-5-3-4-6-14-28/h7-12,15-16,19,26H,3-6,13-14,17-18H2,1-2H3,(H,27,29). The summed E-state index contributed by atoms with van der Waals surface area (Å²) in [5.41, 5.74) is 2.06. The molecule has 2 N–H and O–H groups in total. The Labute approximate surface area is 185 Å². The number of likely N-dealkylation sites (tertiary alicyclic amines) is 1. The molecule has 1 fully saturated rings. The molecule has 0 radical (unpaired) electrons. The lowest BCUT2D eigenvalue weighted by molar-refractivity contribution is -0.114. The van der Waals surface area contributed by atoms with E-state index in [0.29, 0.717) is 23.8 Å². The predicted octanol–water partition coefficient (Wildman–Crippen LogP) is 4.79. The molecule has 6 heteroatoms. The number of nitrogens with one attached hydrogen (secondary N) is 2. The largest absolute Gasteiger partial charge is 0.493 e. The molecule has 3 rings (SSSR count). The van der Waals surface area contributed by atoms with Gasteiger partial charge in [-0.05, 0) is 49.1 Å². The lowest BCUT2D eigenvalue weighted by Crippen LogP contribution is -2.31. The Bertz CT molecular complexity index is 874. The molecule has 1 heterocycles. The van der Waals surface area contributed by atoms with E-state index in [1.54, 1.807) is 12.1 Å². The van der Waals surface area contributed by atoms with Gasteiger partial charge in [-0.15, -0.1) is 0 Å². The smallest absolute Gasteiger partial charge is 0.253 e. The van der Waals surface area contributed by atoms with Crippen LogP contribution < -0.4 is 15.4 Å². The van der Waals surface area contributed by atoms with Crippen molar-refractivity contribution in [2.45, 2.75) is 39.5 Å². The van der Waals surface area contributed by atoms with Gasteiger partial charge in [-0.1, -0.05) is 38.8 Å². The van der Waals surface area contributed by atoms with E-state index >= 15 is 0 Å². The van der Waals surface area contributed by atoms with Crippen molar-refractivity contribution in [2.24, 2.45) is 5.92 Å². The molecule has 1 aliphatic rings. The molecule has 0 atom stereocenters. The molecule has 2 amide bonds. The van der Waals surface area contributed by atoms with Gasteiger partial charge in [-0.3, -0.25) is 9.59 Å². The van der Waals surface area contributed by atoms with Crippen molar-refractivity contribution in [3.8, 4) is 5.75 Å². The third-order valence-electron chi connectivity index (χ3n) is 5.16. The van der Waals surface area contributed by atoms with Crippen molar-refractivity contribution in [3.63, 3.8) is 0 Å². The maximum atomic E-state index is 12.8. The number of carbonyl (C=O) groups is 2. The number of hydrogen-bond acceptors (Lipinski definition) is 4. The molecule has 0 saturated carbocycles. The number of rotatable bonds is 8. The quantitative estimate of drug-likeness (QED) is 0.641. The zero-order valence-corrected chi connectivity index (χ0v) is 18.5. The molecule has 1 aliphatic heterocycles. The maximum absolute atomic E-state index is 12.8. The van der Waals surface area contributed by atoms with Crippen molar-refractivity contribution in [3.05, 3.63) is 54.1 Å². The van der Waals surface area contributed by atoms with Gasteiger partial charge in [-0.2, -0.15) is 0 Å². The van der Waals surface area contributed by atoms with Crippen molar-refractivity contribution < 1.29 is 14.3 Å². The highest BCUT2D eigenvalue weighted by Crippen LogP contribution is 2.19. The van der Waals surface area contributed by atoms with E-state index in [9.17, 15) is 9.59 Å². The Morgan fingerprint density at radius 2 is 1.68 bits per heavy atom. The minimum Gasteiger partial charge on any atom is -0.493 e. The summed E-state index contributed by atoms with van der Waals surface area (Å²) in [7, 11) is 0. The average Bonchev–Trinajstić information content (AvgIpc) is 3.06. The molecule has 0 spiro atoms. The summed E-state index contributed by atoms with van der Waals surface area (Å²) < 4.78 is 5.73. The topological polar surface area (TPSA) is 70.7 Å². The zero-order chi connectivity index (χ0) is 22.1. The molecule has 0 aromatic heterocycles. The second kappa shape index (κ2) is 11.4. The van der Waals surface area contributed by atoms with Gasteiger partial charge >= 0.3 is 0 Å². The van der Waals surface area contributed by atoms with E-state index < -0.39 is 0 Å². The fourth-order valence-electron chi connectivity index (χ4n) is 3.53. The highest BCUT2D eigenvalue weighted by molar-refractivity contribution is 5.98. The van der Waals surface area contributed by atoms with Crippen LogP contribution in [0.1, 0.15) is 49.9 Å². The molecule has 31 heavy (non-hydrogen) atoms. The van der Waals surface area contributed by atoms with Crippen LogP contribution in [0.15, 0.2) is 48.5 Å². The monoisotopic (exact) mass is 423 g/mol. The Kier molecular flexibility index (Phi) is 8.33. The molecular formula is C25H33N3O3. The molecule has 6 nitrogen and oxygen atoms in total. The Morgan fingerprint density at radius 1 is 0.968 bits per heavy atom. The number of hydrogen-bond donors (Lipinski definition) is 2. The number of anilines is 2. The number of carbonyl (C=O) groups excluding carboxylic acids is 2. The highest BCUT2D eigenvalue weighted by Gasteiger charge is 2.17. The second-order valence-corrected chi connectivity index (χ2v) is 8.42. The van der Waals surface area contributed by atoms with Crippen LogP contribution in [0.2, 0.25) is 0 Å². The van der Waals surface area contributed by atoms with Crippen molar-refractivity contribution in [2.75, 3.05) is 36.9 Å². The highest BCUT2D eigenvalue weighted by atomic mass is 16.5. The normalized spacial score (nSPS) is 14.1. The third kappa shape index (κ3) is 7.31. The van der Waals surface area contributed by atoms with Gasteiger partial charge in [0.05, 0.1) is 13.2 Å². The van der Waals surface area contributed by atoms with Crippen LogP contribution >= 0.6 is 0 Å². The molecule has 0 bridgehead atoms. The van der Waals surface area contributed by atoms with E-state index in [-0.39, 0.29) is 18.4 Å². The van der Waals surface area contributed by atoms with Gasteiger partial charge in [0.15, 0.2) is 0 Å².